The van der Waals surface area contributed by atoms with E-state index < -0.39 is 6.03 Å². The first-order valence-electron chi connectivity index (χ1n) is 2.96. The van der Waals surface area contributed by atoms with Crippen molar-refractivity contribution in [1.29, 1.82) is 0 Å². The van der Waals surface area contributed by atoms with Crippen molar-refractivity contribution in [3.8, 4) is 0 Å². The van der Waals surface area contributed by atoms with Crippen molar-refractivity contribution in [2.45, 2.75) is 0 Å². The molecule has 0 saturated carbocycles. The second-order valence-corrected chi connectivity index (χ2v) is 1.91. The summed E-state index contributed by atoms with van der Waals surface area (Å²) in [5, 5.41) is 0.849. The first kappa shape index (κ1) is 7.49. The topological polar surface area (TPSA) is 85.2 Å². The zero-order valence-corrected chi connectivity index (χ0v) is 5.77. The number of hydrogen-bond donors (Lipinski definition) is 2. The standard InChI is InChI=1S/C6H8N4O/c7-6(11)10(8)5-1-3-9-4-2-5/h1-4H,8H2,(H2,7,11). The van der Waals surface area contributed by atoms with Gasteiger partial charge in [0.1, 0.15) is 0 Å². The van der Waals surface area contributed by atoms with Crippen molar-refractivity contribution in [1.82, 2.24) is 4.98 Å². The number of primary amides is 1. The molecule has 0 unspecified atom stereocenters. The zero-order chi connectivity index (χ0) is 8.27. The average Bonchev–Trinajstić information content (AvgIpc) is 2.05. The lowest BCUT2D eigenvalue weighted by molar-refractivity contribution is 0.254. The number of urea groups is 1. The molecule has 4 N–H and O–H groups in total. The lowest BCUT2D eigenvalue weighted by Gasteiger charge is -2.11. The number of pyridine rings is 1. The monoisotopic (exact) mass is 152 g/mol. The van der Waals surface area contributed by atoms with E-state index in [-0.39, 0.29) is 0 Å². The van der Waals surface area contributed by atoms with E-state index in [0.717, 1.165) is 5.01 Å². The largest absolute Gasteiger partial charge is 0.350 e. The van der Waals surface area contributed by atoms with Crippen molar-refractivity contribution in [2.24, 2.45) is 11.6 Å². The van der Waals surface area contributed by atoms with Crippen LogP contribution in [-0.2, 0) is 0 Å². The van der Waals surface area contributed by atoms with Gasteiger partial charge in [0.25, 0.3) is 0 Å². The highest BCUT2D eigenvalue weighted by Crippen LogP contribution is 2.06. The fourth-order valence-electron chi connectivity index (χ4n) is 0.632. The van der Waals surface area contributed by atoms with Crippen LogP contribution in [0.3, 0.4) is 0 Å². The van der Waals surface area contributed by atoms with Gasteiger partial charge in [-0.3, -0.25) is 4.98 Å². The van der Waals surface area contributed by atoms with E-state index in [2.05, 4.69) is 4.98 Å². The van der Waals surface area contributed by atoms with E-state index >= 15 is 0 Å². The van der Waals surface area contributed by atoms with E-state index in [9.17, 15) is 4.79 Å². The molecule has 1 aromatic heterocycles. The highest BCUT2D eigenvalue weighted by molar-refractivity contribution is 5.89. The summed E-state index contributed by atoms with van der Waals surface area (Å²) in [5.74, 6) is 5.27. The van der Waals surface area contributed by atoms with E-state index in [1.165, 1.54) is 12.4 Å². The minimum absolute atomic E-state index is 0.521. The first-order chi connectivity index (χ1) is 5.22. The quantitative estimate of drug-likeness (QED) is 0.333. The average molecular weight is 152 g/mol. The minimum atomic E-state index is -0.698. The predicted molar refractivity (Wildman–Crippen MR) is 40.5 cm³/mol. The molecule has 0 aliphatic rings. The third kappa shape index (κ3) is 1.65. The maximum absolute atomic E-state index is 10.5. The molecule has 2 amide bonds. The smallest absolute Gasteiger partial charge is 0.333 e. The van der Waals surface area contributed by atoms with Crippen LogP contribution in [0.5, 0.6) is 0 Å². The molecular weight excluding hydrogens is 144 g/mol. The summed E-state index contributed by atoms with van der Waals surface area (Å²) in [4.78, 5) is 14.3. The van der Waals surface area contributed by atoms with Crippen molar-refractivity contribution in [3.63, 3.8) is 0 Å². The van der Waals surface area contributed by atoms with Crippen LogP contribution in [0.4, 0.5) is 10.5 Å². The summed E-state index contributed by atoms with van der Waals surface area (Å²) in [5.41, 5.74) is 5.43. The van der Waals surface area contributed by atoms with Crippen molar-refractivity contribution in [3.05, 3.63) is 24.5 Å². The van der Waals surface area contributed by atoms with Crippen LogP contribution in [0.15, 0.2) is 24.5 Å². The Bertz CT molecular complexity index is 248. The van der Waals surface area contributed by atoms with Gasteiger partial charge in [0.05, 0.1) is 5.69 Å². The SMILES string of the molecule is NC(=O)N(N)c1ccncc1. The summed E-state index contributed by atoms with van der Waals surface area (Å²) in [6, 6.07) is 2.48. The Hall–Kier alpha value is -1.62. The van der Waals surface area contributed by atoms with Crippen LogP contribution in [0.25, 0.3) is 0 Å². The first-order valence-corrected chi connectivity index (χ1v) is 2.96. The lowest BCUT2D eigenvalue weighted by Crippen LogP contribution is -2.41. The molecule has 0 bridgehead atoms. The summed E-state index contributed by atoms with van der Waals surface area (Å²) in [6.07, 6.45) is 3.05. The van der Waals surface area contributed by atoms with Gasteiger partial charge in [-0.25, -0.2) is 15.6 Å². The molecule has 0 saturated heterocycles. The highest BCUT2D eigenvalue weighted by Gasteiger charge is 2.04. The summed E-state index contributed by atoms with van der Waals surface area (Å²) < 4.78 is 0. The third-order valence-corrected chi connectivity index (χ3v) is 1.18. The second-order valence-electron chi connectivity index (χ2n) is 1.91. The van der Waals surface area contributed by atoms with Gasteiger partial charge in [-0.2, -0.15) is 0 Å². The number of hydrazine groups is 1. The molecule has 0 radical (unpaired) electrons. The van der Waals surface area contributed by atoms with Gasteiger partial charge in [-0.05, 0) is 12.1 Å². The maximum Gasteiger partial charge on any atom is 0.333 e. The van der Waals surface area contributed by atoms with Gasteiger partial charge in [-0.1, -0.05) is 0 Å². The number of amides is 2. The van der Waals surface area contributed by atoms with Crippen LogP contribution < -0.4 is 16.6 Å². The molecule has 58 valence electrons. The Morgan fingerprint density at radius 2 is 2.00 bits per heavy atom. The normalized spacial score (nSPS) is 9.18. The molecule has 1 heterocycles. The molecule has 1 rings (SSSR count). The lowest BCUT2D eigenvalue weighted by atomic mass is 10.4. The Labute approximate surface area is 63.6 Å². The predicted octanol–water partition coefficient (Wildman–Crippen LogP) is -0.160. The number of aromatic nitrogens is 1. The van der Waals surface area contributed by atoms with Gasteiger partial charge in [0.15, 0.2) is 0 Å². The Morgan fingerprint density at radius 3 is 2.45 bits per heavy atom. The molecular formula is C6H8N4O. The molecule has 5 heteroatoms. The number of nitrogens with two attached hydrogens (primary N) is 2. The van der Waals surface area contributed by atoms with Gasteiger partial charge in [0.2, 0.25) is 0 Å². The minimum Gasteiger partial charge on any atom is -0.350 e. The zero-order valence-electron chi connectivity index (χ0n) is 5.77. The maximum atomic E-state index is 10.5. The van der Waals surface area contributed by atoms with Gasteiger partial charge >= 0.3 is 6.03 Å². The van der Waals surface area contributed by atoms with Crippen LogP contribution >= 0.6 is 0 Å². The van der Waals surface area contributed by atoms with Gasteiger partial charge in [-0.15, -0.1) is 0 Å². The van der Waals surface area contributed by atoms with Gasteiger partial charge < -0.3 is 5.73 Å². The van der Waals surface area contributed by atoms with E-state index in [1.807, 2.05) is 0 Å². The van der Waals surface area contributed by atoms with Crippen LogP contribution in [0.1, 0.15) is 0 Å². The van der Waals surface area contributed by atoms with E-state index in [4.69, 9.17) is 11.6 Å². The van der Waals surface area contributed by atoms with E-state index in [0.29, 0.717) is 5.69 Å². The summed E-state index contributed by atoms with van der Waals surface area (Å²) >= 11 is 0. The van der Waals surface area contributed by atoms with Crippen molar-refractivity contribution >= 4 is 11.7 Å². The molecule has 5 nitrogen and oxygen atoms in total. The number of rotatable bonds is 1. The molecule has 0 spiro atoms. The Kier molecular flexibility index (Phi) is 2.03. The van der Waals surface area contributed by atoms with Crippen LogP contribution in [-0.4, -0.2) is 11.0 Å². The summed E-state index contributed by atoms with van der Waals surface area (Å²) in [6.45, 7) is 0. The molecule has 0 fully saturated rings. The number of carbonyl (C=O) groups is 1. The molecule has 0 aliphatic heterocycles. The third-order valence-electron chi connectivity index (χ3n) is 1.18. The summed E-state index contributed by atoms with van der Waals surface area (Å²) in [7, 11) is 0. The number of anilines is 1. The van der Waals surface area contributed by atoms with Crippen molar-refractivity contribution in [2.75, 3.05) is 5.01 Å². The molecule has 0 aliphatic carbocycles. The Morgan fingerprint density at radius 1 is 1.45 bits per heavy atom. The fraction of sp³-hybridized carbons (Fsp3) is 0. The molecule has 0 atom stereocenters. The Balaban J connectivity index is 2.85. The fourth-order valence-corrected chi connectivity index (χ4v) is 0.632. The number of nitrogens with zero attached hydrogens (tertiary/aromatic N) is 2. The molecule has 1 aromatic rings. The highest BCUT2D eigenvalue weighted by atomic mass is 16.2. The van der Waals surface area contributed by atoms with Gasteiger partial charge in [0, 0.05) is 12.4 Å². The van der Waals surface area contributed by atoms with Crippen LogP contribution in [0.2, 0.25) is 0 Å². The number of hydrogen-bond acceptors (Lipinski definition) is 3. The van der Waals surface area contributed by atoms with Crippen molar-refractivity contribution < 1.29 is 4.79 Å². The second kappa shape index (κ2) is 2.98. The van der Waals surface area contributed by atoms with Crippen LogP contribution in [0, 0.1) is 0 Å². The molecule has 11 heavy (non-hydrogen) atoms. The van der Waals surface area contributed by atoms with E-state index in [1.54, 1.807) is 12.1 Å². The number of carbonyl (C=O) groups excluding carboxylic acids is 1. The molecule has 0 aromatic carbocycles.